The number of hydrogen-bond acceptors (Lipinski definition) is 1. The van der Waals surface area contributed by atoms with E-state index in [1.165, 1.54) is 16.3 Å². The molecule has 2 aromatic rings. The quantitative estimate of drug-likeness (QED) is 0.833. The normalized spacial score (nSPS) is 12.0. The lowest BCUT2D eigenvalue weighted by atomic mass is 9.91. The van der Waals surface area contributed by atoms with Crippen molar-refractivity contribution in [1.29, 1.82) is 0 Å². The van der Waals surface area contributed by atoms with Gasteiger partial charge in [-0.1, -0.05) is 46.3 Å². The maximum Gasteiger partial charge on any atom is 0.0358 e. The van der Waals surface area contributed by atoms with Gasteiger partial charge >= 0.3 is 0 Å². The van der Waals surface area contributed by atoms with Crippen molar-refractivity contribution in [3.8, 4) is 0 Å². The summed E-state index contributed by atoms with van der Waals surface area (Å²) in [5.74, 6) is 0. The molecule has 0 fully saturated rings. The maximum atomic E-state index is 6.16. The van der Waals surface area contributed by atoms with Crippen LogP contribution in [0.15, 0.2) is 40.9 Å². The van der Waals surface area contributed by atoms with Crippen molar-refractivity contribution < 1.29 is 0 Å². The first kappa shape index (κ1) is 10.7. The number of rotatable bonds is 1. The fourth-order valence-corrected chi connectivity index (χ4v) is 2.33. The summed E-state index contributed by atoms with van der Waals surface area (Å²) in [6.07, 6.45) is 0. The number of fused-ring (bicyclic) bond motifs is 1. The average Bonchev–Trinajstić information content (AvgIpc) is 2.16. The zero-order valence-corrected chi connectivity index (χ0v) is 10.5. The van der Waals surface area contributed by atoms with Gasteiger partial charge in [-0.3, -0.25) is 0 Å². The van der Waals surface area contributed by atoms with E-state index in [1.807, 2.05) is 19.9 Å². The highest BCUT2D eigenvalue weighted by Gasteiger charge is 2.16. The zero-order chi connectivity index (χ0) is 11.1. The monoisotopic (exact) mass is 263 g/mol. The second kappa shape index (κ2) is 3.62. The van der Waals surface area contributed by atoms with Gasteiger partial charge in [0.25, 0.3) is 0 Å². The van der Waals surface area contributed by atoms with Crippen molar-refractivity contribution in [1.82, 2.24) is 0 Å². The largest absolute Gasteiger partial charge is 0.322 e. The molecule has 0 aliphatic carbocycles. The fraction of sp³-hybridized carbons (Fsp3) is 0.231. The molecule has 0 unspecified atom stereocenters. The molecule has 0 radical (unpaired) electrons. The minimum Gasteiger partial charge on any atom is -0.322 e. The van der Waals surface area contributed by atoms with Crippen LogP contribution in [0.3, 0.4) is 0 Å². The van der Waals surface area contributed by atoms with E-state index < -0.39 is 0 Å². The number of benzene rings is 2. The van der Waals surface area contributed by atoms with Gasteiger partial charge in [0, 0.05) is 10.0 Å². The topological polar surface area (TPSA) is 26.0 Å². The molecular weight excluding hydrogens is 250 g/mol. The van der Waals surface area contributed by atoms with Crippen LogP contribution >= 0.6 is 15.9 Å². The molecule has 0 aliphatic heterocycles. The molecule has 0 aromatic heterocycles. The summed E-state index contributed by atoms with van der Waals surface area (Å²) in [5.41, 5.74) is 7.03. The molecule has 0 saturated carbocycles. The summed E-state index contributed by atoms with van der Waals surface area (Å²) in [5, 5.41) is 2.44. The Hall–Kier alpha value is -0.860. The molecule has 78 valence electrons. The molecule has 2 N–H and O–H groups in total. The van der Waals surface area contributed by atoms with E-state index in [4.69, 9.17) is 5.73 Å². The van der Waals surface area contributed by atoms with E-state index >= 15 is 0 Å². The summed E-state index contributed by atoms with van der Waals surface area (Å²) in [6.45, 7) is 4.06. The van der Waals surface area contributed by atoms with E-state index in [0.717, 1.165) is 4.47 Å². The lowest BCUT2D eigenvalue weighted by Gasteiger charge is -2.21. The van der Waals surface area contributed by atoms with Gasteiger partial charge in [-0.2, -0.15) is 0 Å². The van der Waals surface area contributed by atoms with Crippen LogP contribution in [0.5, 0.6) is 0 Å². The Bertz CT molecular complexity index is 497. The van der Waals surface area contributed by atoms with Gasteiger partial charge in [-0.25, -0.2) is 0 Å². The minimum absolute atomic E-state index is 0.305. The number of hydrogen-bond donors (Lipinski definition) is 1. The van der Waals surface area contributed by atoms with Crippen molar-refractivity contribution in [3.05, 3.63) is 46.4 Å². The SMILES string of the molecule is CC(C)(N)c1cccc2c(Br)cccc12. The minimum atomic E-state index is -0.305. The van der Waals surface area contributed by atoms with Gasteiger partial charge in [0.05, 0.1) is 0 Å². The summed E-state index contributed by atoms with van der Waals surface area (Å²) in [7, 11) is 0. The lowest BCUT2D eigenvalue weighted by molar-refractivity contribution is 0.559. The predicted molar refractivity (Wildman–Crippen MR) is 68.9 cm³/mol. The Labute approximate surface area is 98.4 Å². The van der Waals surface area contributed by atoms with E-state index in [-0.39, 0.29) is 5.54 Å². The second-order valence-electron chi connectivity index (χ2n) is 4.36. The van der Waals surface area contributed by atoms with Crippen molar-refractivity contribution in [3.63, 3.8) is 0 Å². The van der Waals surface area contributed by atoms with Gasteiger partial charge in [-0.15, -0.1) is 0 Å². The van der Waals surface area contributed by atoms with Gasteiger partial charge < -0.3 is 5.73 Å². The molecule has 0 heterocycles. The fourth-order valence-electron chi connectivity index (χ4n) is 1.83. The molecule has 1 nitrogen and oxygen atoms in total. The molecule has 15 heavy (non-hydrogen) atoms. The molecule has 2 rings (SSSR count). The number of nitrogens with two attached hydrogens (primary N) is 1. The van der Waals surface area contributed by atoms with Crippen LogP contribution in [-0.4, -0.2) is 0 Å². The zero-order valence-electron chi connectivity index (χ0n) is 8.92. The summed E-state index contributed by atoms with van der Waals surface area (Å²) >= 11 is 3.56. The van der Waals surface area contributed by atoms with E-state index in [2.05, 4.69) is 46.3 Å². The maximum absolute atomic E-state index is 6.16. The molecule has 0 atom stereocenters. The smallest absolute Gasteiger partial charge is 0.0358 e. The van der Waals surface area contributed by atoms with Crippen LogP contribution in [0, 0.1) is 0 Å². The Kier molecular flexibility index (Phi) is 2.57. The van der Waals surface area contributed by atoms with Crippen molar-refractivity contribution >= 4 is 26.7 Å². The molecule has 0 spiro atoms. The van der Waals surface area contributed by atoms with E-state index in [0.29, 0.717) is 0 Å². The Morgan fingerprint density at radius 2 is 1.60 bits per heavy atom. The highest BCUT2D eigenvalue weighted by molar-refractivity contribution is 9.10. The van der Waals surface area contributed by atoms with Crippen LogP contribution in [-0.2, 0) is 5.54 Å². The predicted octanol–water partition coefficient (Wildman–Crippen LogP) is 3.80. The van der Waals surface area contributed by atoms with Gasteiger partial charge in [0.15, 0.2) is 0 Å². The summed E-state index contributed by atoms with van der Waals surface area (Å²) in [6, 6.07) is 12.5. The molecule has 0 saturated heterocycles. The van der Waals surface area contributed by atoms with Crippen molar-refractivity contribution in [2.24, 2.45) is 5.73 Å². The van der Waals surface area contributed by atoms with E-state index in [9.17, 15) is 0 Å². The van der Waals surface area contributed by atoms with Crippen LogP contribution in [0.4, 0.5) is 0 Å². The first-order valence-corrected chi connectivity index (χ1v) is 5.76. The molecule has 2 heteroatoms. The first-order chi connectivity index (χ1) is 7.00. The number of halogens is 1. The van der Waals surface area contributed by atoms with Crippen LogP contribution in [0.2, 0.25) is 0 Å². The van der Waals surface area contributed by atoms with Crippen molar-refractivity contribution in [2.45, 2.75) is 19.4 Å². The second-order valence-corrected chi connectivity index (χ2v) is 5.22. The Morgan fingerprint density at radius 3 is 2.27 bits per heavy atom. The third-order valence-electron chi connectivity index (χ3n) is 2.56. The Morgan fingerprint density at radius 1 is 1.00 bits per heavy atom. The summed E-state index contributed by atoms with van der Waals surface area (Å²) in [4.78, 5) is 0. The lowest BCUT2D eigenvalue weighted by Crippen LogP contribution is -2.28. The van der Waals surface area contributed by atoms with Gasteiger partial charge in [-0.05, 0) is 36.2 Å². The average molecular weight is 264 g/mol. The van der Waals surface area contributed by atoms with Gasteiger partial charge in [0.2, 0.25) is 0 Å². The van der Waals surface area contributed by atoms with Crippen LogP contribution in [0.25, 0.3) is 10.8 Å². The molecular formula is C13H14BrN. The summed E-state index contributed by atoms with van der Waals surface area (Å²) < 4.78 is 1.12. The molecule has 0 amide bonds. The van der Waals surface area contributed by atoms with Gasteiger partial charge in [0.1, 0.15) is 0 Å². The highest BCUT2D eigenvalue weighted by Crippen LogP contribution is 2.30. The molecule has 0 bridgehead atoms. The third-order valence-corrected chi connectivity index (χ3v) is 3.25. The standard InChI is InChI=1S/C13H14BrN/c1-13(2,15)11-7-3-6-10-9(11)5-4-8-12(10)14/h3-8H,15H2,1-2H3. The molecule has 2 aromatic carbocycles. The molecule has 0 aliphatic rings. The highest BCUT2D eigenvalue weighted by atomic mass is 79.9. The third kappa shape index (κ3) is 1.92. The van der Waals surface area contributed by atoms with Crippen LogP contribution < -0.4 is 5.73 Å². The van der Waals surface area contributed by atoms with Crippen LogP contribution in [0.1, 0.15) is 19.4 Å². The first-order valence-electron chi connectivity index (χ1n) is 4.97. The van der Waals surface area contributed by atoms with Crippen molar-refractivity contribution in [2.75, 3.05) is 0 Å². The Balaban J connectivity index is 2.83. The van der Waals surface area contributed by atoms with E-state index in [1.54, 1.807) is 0 Å².